The maximum absolute atomic E-state index is 6.12. The first kappa shape index (κ1) is 14.8. The van der Waals surface area contributed by atoms with Crippen molar-refractivity contribution in [3.63, 3.8) is 0 Å². The number of ether oxygens (including phenoxy) is 1. The van der Waals surface area contributed by atoms with E-state index in [0.717, 1.165) is 16.8 Å². The highest BCUT2D eigenvalue weighted by Crippen LogP contribution is 2.30. The van der Waals surface area contributed by atoms with Crippen molar-refractivity contribution in [1.82, 2.24) is 15.0 Å². The third kappa shape index (κ3) is 3.55. The largest absolute Gasteiger partial charge is 0.435 e. The van der Waals surface area contributed by atoms with Crippen LogP contribution in [0.2, 0.25) is 0 Å². The molecule has 3 aromatic rings. The van der Waals surface area contributed by atoms with Gasteiger partial charge in [-0.05, 0) is 49.2 Å². The molecular formula is C17H17N5O. The van der Waals surface area contributed by atoms with Crippen LogP contribution in [-0.2, 0) is 0 Å². The zero-order valence-corrected chi connectivity index (χ0v) is 12.9. The van der Waals surface area contributed by atoms with Crippen molar-refractivity contribution in [3.05, 3.63) is 60.2 Å². The molecule has 0 unspecified atom stereocenters. The van der Waals surface area contributed by atoms with E-state index in [0.29, 0.717) is 23.1 Å². The van der Waals surface area contributed by atoms with Gasteiger partial charge in [0.2, 0.25) is 5.88 Å². The number of nitrogens with one attached hydrogen (secondary N) is 1. The van der Waals surface area contributed by atoms with E-state index in [2.05, 4.69) is 26.3 Å². The van der Waals surface area contributed by atoms with E-state index in [4.69, 9.17) is 10.5 Å². The number of benzene rings is 1. The van der Waals surface area contributed by atoms with Gasteiger partial charge in [-0.3, -0.25) is 4.98 Å². The van der Waals surface area contributed by atoms with Gasteiger partial charge in [0.15, 0.2) is 5.82 Å². The maximum Gasteiger partial charge on any atom is 0.248 e. The topological polar surface area (TPSA) is 86.0 Å². The molecule has 0 aliphatic heterocycles. The quantitative estimate of drug-likeness (QED) is 0.766. The Balaban J connectivity index is 1.87. The van der Waals surface area contributed by atoms with Crippen LogP contribution in [0.4, 0.5) is 17.2 Å². The molecule has 0 amide bonds. The second-order valence-corrected chi connectivity index (χ2v) is 5.23. The predicted molar refractivity (Wildman–Crippen MR) is 90.0 cm³/mol. The van der Waals surface area contributed by atoms with Gasteiger partial charge in [0.1, 0.15) is 17.8 Å². The fraction of sp³-hybridized carbons (Fsp3) is 0.118. The molecule has 0 spiro atoms. The molecule has 2 heterocycles. The van der Waals surface area contributed by atoms with Crippen LogP contribution in [0.15, 0.2) is 49.1 Å². The SMILES string of the molecule is Cc1cc(C)cc(Nc2ncnc(Oc3cccnc3)c2N)c1. The molecule has 3 rings (SSSR count). The summed E-state index contributed by atoms with van der Waals surface area (Å²) in [7, 11) is 0. The minimum absolute atomic E-state index is 0.292. The Hall–Kier alpha value is -3.15. The molecule has 0 aliphatic rings. The molecule has 6 heteroatoms. The average Bonchev–Trinajstić information content (AvgIpc) is 2.51. The highest BCUT2D eigenvalue weighted by Gasteiger charge is 2.11. The zero-order valence-electron chi connectivity index (χ0n) is 12.9. The Morgan fingerprint density at radius 3 is 2.57 bits per heavy atom. The summed E-state index contributed by atoms with van der Waals surface area (Å²) in [4.78, 5) is 12.3. The fourth-order valence-corrected chi connectivity index (χ4v) is 2.26. The van der Waals surface area contributed by atoms with Crippen LogP contribution < -0.4 is 15.8 Å². The Bertz CT molecular complexity index is 800. The molecule has 0 bridgehead atoms. The fourth-order valence-electron chi connectivity index (χ4n) is 2.26. The summed E-state index contributed by atoms with van der Waals surface area (Å²) in [5, 5.41) is 3.21. The summed E-state index contributed by atoms with van der Waals surface area (Å²) in [5.74, 6) is 1.36. The molecule has 2 aromatic heterocycles. The van der Waals surface area contributed by atoms with Crippen molar-refractivity contribution in [2.75, 3.05) is 11.1 Å². The van der Waals surface area contributed by atoms with Crippen molar-refractivity contribution in [3.8, 4) is 11.6 Å². The molecule has 0 radical (unpaired) electrons. The van der Waals surface area contributed by atoms with Crippen molar-refractivity contribution in [1.29, 1.82) is 0 Å². The summed E-state index contributed by atoms with van der Waals surface area (Å²) in [6.45, 7) is 4.08. The molecule has 23 heavy (non-hydrogen) atoms. The van der Waals surface area contributed by atoms with E-state index in [1.54, 1.807) is 24.5 Å². The van der Waals surface area contributed by atoms with E-state index < -0.39 is 0 Å². The molecular weight excluding hydrogens is 290 g/mol. The van der Waals surface area contributed by atoms with Gasteiger partial charge < -0.3 is 15.8 Å². The molecule has 0 atom stereocenters. The Morgan fingerprint density at radius 2 is 1.87 bits per heavy atom. The number of nitrogens with zero attached hydrogens (tertiary/aromatic N) is 3. The lowest BCUT2D eigenvalue weighted by molar-refractivity contribution is 0.462. The number of hydrogen-bond donors (Lipinski definition) is 2. The van der Waals surface area contributed by atoms with Crippen LogP contribution in [-0.4, -0.2) is 15.0 Å². The summed E-state index contributed by atoms with van der Waals surface area (Å²) >= 11 is 0. The molecule has 1 aromatic carbocycles. The lowest BCUT2D eigenvalue weighted by Crippen LogP contribution is -2.03. The van der Waals surface area contributed by atoms with Gasteiger partial charge in [-0.25, -0.2) is 4.98 Å². The van der Waals surface area contributed by atoms with Crippen LogP contribution in [0.5, 0.6) is 11.6 Å². The van der Waals surface area contributed by atoms with E-state index in [9.17, 15) is 0 Å². The number of pyridine rings is 1. The number of nitrogens with two attached hydrogens (primary N) is 1. The van der Waals surface area contributed by atoms with Crippen LogP contribution >= 0.6 is 0 Å². The second-order valence-electron chi connectivity index (χ2n) is 5.23. The summed E-state index contributed by atoms with van der Waals surface area (Å²) in [5.41, 5.74) is 9.70. The van der Waals surface area contributed by atoms with Gasteiger partial charge in [-0.2, -0.15) is 4.98 Å². The molecule has 0 fully saturated rings. The third-order valence-corrected chi connectivity index (χ3v) is 3.18. The standard InChI is InChI=1S/C17H17N5O/c1-11-6-12(2)8-13(7-11)22-16-15(18)17(21-10-20-16)23-14-4-3-5-19-9-14/h3-10H,18H2,1-2H3,(H,20,21,22). The van der Waals surface area contributed by atoms with Crippen LogP contribution in [0, 0.1) is 13.8 Å². The number of anilines is 3. The molecule has 0 saturated heterocycles. The molecule has 6 nitrogen and oxygen atoms in total. The molecule has 3 N–H and O–H groups in total. The van der Waals surface area contributed by atoms with E-state index in [1.807, 2.05) is 26.0 Å². The summed E-state index contributed by atoms with van der Waals surface area (Å²) < 4.78 is 5.66. The van der Waals surface area contributed by atoms with Gasteiger partial charge in [-0.1, -0.05) is 6.07 Å². The van der Waals surface area contributed by atoms with Gasteiger partial charge >= 0.3 is 0 Å². The molecule has 0 saturated carbocycles. The number of rotatable bonds is 4. The minimum Gasteiger partial charge on any atom is -0.435 e. The Morgan fingerprint density at radius 1 is 1.09 bits per heavy atom. The predicted octanol–water partition coefficient (Wildman–Crippen LogP) is 3.61. The highest BCUT2D eigenvalue weighted by molar-refractivity contribution is 5.72. The van der Waals surface area contributed by atoms with Crippen LogP contribution in [0.3, 0.4) is 0 Å². The number of aromatic nitrogens is 3. The van der Waals surface area contributed by atoms with E-state index >= 15 is 0 Å². The average molecular weight is 307 g/mol. The van der Waals surface area contributed by atoms with Crippen LogP contribution in [0.1, 0.15) is 11.1 Å². The third-order valence-electron chi connectivity index (χ3n) is 3.18. The van der Waals surface area contributed by atoms with Crippen LogP contribution in [0.25, 0.3) is 0 Å². The van der Waals surface area contributed by atoms with Crippen molar-refractivity contribution < 1.29 is 4.74 Å². The normalized spacial score (nSPS) is 10.3. The Kier molecular flexibility index (Phi) is 4.05. The lowest BCUT2D eigenvalue weighted by atomic mass is 10.1. The first-order valence-corrected chi connectivity index (χ1v) is 7.15. The maximum atomic E-state index is 6.12. The zero-order chi connectivity index (χ0) is 16.2. The van der Waals surface area contributed by atoms with Gasteiger partial charge in [0, 0.05) is 11.9 Å². The molecule has 116 valence electrons. The van der Waals surface area contributed by atoms with Gasteiger partial charge in [-0.15, -0.1) is 0 Å². The lowest BCUT2D eigenvalue weighted by Gasteiger charge is -2.12. The van der Waals surface area contributed by atoms with Gasteiger partial charge in [0.25, 0.3) is 0 Å². The first-order chi connectivity index (χ1) is 11.1. The van der Waals surface area contributed by atoms with Crippen molar-refractivity contribution in [2.45, 2.75) is 13.8 Å². The Labute approximate surface area is 134 Å². The number of nitrogen functional groups attached to an aromatic ring is 1. The summed E-state index contributed by atoms with van der Waals surface area (Å²) in [6.07, 6.45) is 4.68. The number of hydrogen-bond acceptors (Lipinski definition) is 6. The smallest absolute Gasteiger partial charge is 0.248 e. The van der Waals surface area contributed by atoms with E-state index in [-0.39, 0.29) is 0 Å². The van der Waals surface area contributed by atoms with Crippen molar-refractivity contribution >= 4 is 17.2 Å². The monoisotopic (exact) mass is 307 g/mol. The second kappa shape index (κ2) is 6.31. The minimum atomic E-state index is 0.292. The molecule has 0 aliphatic carbocycles. The van der Waals surface area contributed by atoms with Crippen molar-refractivity contribution in [2.24, 2.45) is 0 Å². The van der Waals surface area contributed by atoms with Gasteiger partial charge in [0.05, 0.1) is 6.20 Å². The highest BCUT2D eigenvalue weighted by atomic mass is 16.5. The summed E-state index contributed by atoms with van der Waals surface area (Å²) in [6, 6.07) is 9.71. The number of aryl methyl sites for hydroxylation is 2. The van der Waals surface area contributed by atoms with E-state index in [1.165, 1.54) is 6.33 Å². The first-order valence-electron chi connectivity index (χ1n) is 7.15.